The molecule has 0 spiro atoms. The predicted molar refractivity (Wildman–Crippen MR) is 95.3 cm³/mol. The van der Waals surface area contributed by atoms with Crippen LogP contribution in [0.3, 0.4) is 0 Å². The molecule has 0 radical (unpaired) electrons. The lowest BCUT2D eigenvalue weighted by atomic mass is 10.2. The molecule has 3 rings (SSSR count). The van der Waals surface area contributed by atoms with Crippen LogP contribution in [0.25, 0.3) is 0 Å². The van der Waals surface area contributed by atoms with Gasteiger partial charge in [-0.05, 0) is 35.8 Å². The first-order chi connectivity index (χ1) is 12.7. The zero-order chi connectivity index (χ0) is 18.4. The predicted octanol–water partition coefficient (Wildman–Crippen LogP) is 1.69. The summed E-state index contributed by atoms with van der Waals surface area (Å²) in [6, 6.07) is 9.91. The molecule has 1 aliphatic carbocycles. The van der Waals surface area contributed by atoms with Gasteiger partial charge in [0.1, 0.15) is 6.54 Å². The van der Waals surface area contributed by atoms with Crippen LogP contribution in [0.5, 0.6) is 0 Å². The Morgan fingerprint density at radius 2 is 2.08 bits per heavy atom. The second-order valence-corrected chi connectivity index (χ2v) is 6.91. The molecule has 1 aromatic heterocycles. The van der Waals surface area contributed by atoms with E-state index in [1.165, 1.54) is 16.7 Å². The van der Waals surface area contributed by atoms with Gasteiger partial charge in [-0.2, -0.15) is 0 Å². The van der Waals surface area contributed by atoms with E-state index >= 15 is 0 Å². The Balaban J connectivity index is 1.63. The van der Waals surface area contributed by atoms with E-state index in [0.29, 0.717) is 17.7 Å². The number of carbonyl (C=O) groups is 2. The van der Waals surface area contributed by atoms with Crippen molar-refractivity contribution in [2.75, 3.05) is 18.9 Å². The third kappa shape index (κ3) is 5.04. The highest BCUT2D eigenvalue weighted by atomic mass is 32.2. The number of aromatic nitrogens is 4. The minimum atomic E-state index is -0.412. The number of nitrogens with zero attached hydrogens (tertiary/aromatic N) is 5. The van der Waals surface area contributed by atoms with E-state index in [-0.39, 0.29) is 24.8 Å². The molecule has 26 heavy (non-hydrogen) atoms. The van der Waals surface area contributed by atoms with Crippen LogP contribution >= 0.6 is 11.8 Å². The molecular formula is C17H21N5O3S. The summed E-state index contributed by atoms with van der Waals surface area (Å²) in [6.45, 7) is 2.31. The molecule has 1 heterocycles. The zero-order valence-electron chi connectivity index (χ0n) is 14.6. The van der Waals surface area contributed by atoms with Gasteiger partial charge in [0.05, 0.1) is 18.4 Å². The highest BCUT2D eigenvalue weighted by Gasteiger charge is 2.28. The number of hydrogen-bond donors (Lipinski definition) is 0. The van der Waals surface area contributed by atoms with Crippen molar-refractivity contribution >= 4 is 23.6 Å². The van der Waals surface area contributed by atoms with E-state index in [9.17, 15) is 9.59 Å². The third-order valence-electron chi connectivity index (χ3n) is 3.87. The molecule has 0 N–H and O–H groups in total. The quantitative estimate of drug-likeness (QED) is 0.487. The summed E-state index contributed by atoms with van der Waals surface area (Å²) in [6.07, 6.45) is 2.13. The summed E-state index contributed by atoms with van der Waals surface area (Å²) < 4.78 is 6.76. The molecule has 8 nitrogen and oxygen atoms in total. The van der Waals surface area contributed by atoms with Crippen LogP contribution in [-0.2, 0) is 20.9 Å². The molecule has 9 heteroatoms. The second-order valence-electron chi connectivity index (χ2n) is 5.97. The minimum absolute atomic E-state index is 0.0737. The van der Waals surface area contributed by atoms with E-state index < -0.39 is 5.97 Å². The lowest BCUT2D eigenvalue weighted by Gasteiger charge is -2.21. The summed E-state index contributed by atoms with van der Waals surface area (Å²) in [5.74, 6) is -0.402. The van der Waals surface area contributed by atoms with Gasteiger partial charge < -0.3 is 9.64 Å². The van der Waals surface area contributed by atoms with Gasteiger partial charge in [0.15, 0.2) is 0 Å². The normalized spacial score (nSPS) is 13.4. The van der Waals surface area contributed by atoms with Crippen LogP contribution in [0.2, 0.25) is 0 Å². The maximum absolute atomic E-state index is 12.7. The lowest BCUT2D eigenvalue weighted by molar-refractivity contribution is -0.148. The van der Waals surface area contributed by atoms with Gasteiger partial charge in [-0.3, -0.25) is 9.59 Å². The van der Waals surface area contributed by atoms with Crippen molar-refractivity contribution in [1.29, 1.82) is 0 Å². The number of benzene rings is 1. The molecular weight excluding hydrogens is 354 g/mol. The number of esters is 1. The SMILES string of the molecule is CCOC(=O)CN(Cc1ccccc1)C(=O)CSc1nnnn1C1CC1. The van der Waals surface area contributed by atoms with Gasteiger partial charge >= 0.3 is 5.97 Å². The number of carbonyl (C=O) groups excluding carboxylic acids is 2. The molecule has 0 saturated heterocycles. The van der Waals surface area contributed by atoms with Gasteiger partial charge in [0.25, 0.3) is 0 Å². The summed E-state index contributed by atoms with van der Waals surface area (Å²) in [5.41, 5.74) is 0.956. The molecule has 0 atom stereocenters. The van der Waals surface area contributed by atoms with E-state index in [1.807, 2.05) is 30.3 Å². The topological polar surface area (TPSA) is 90.2 Å². The smallest absolute Gasteiger partial charge is 0.325 e. The number of rotatable bonds is 9. The standard InChI is InChI=1S/C17H21N5O3S/c1-2-25-16(24)11-21(10-13-6-4-3-5-7-13)15(23)12-26-17-18-19-20-22(17)14-8-9-14/h3-7,14H,2,8-12H2,1H3. The Bertz CT molecular complexity index is 748. The fourth-order valence-corrected chi connectivity index (χ4v) is 3.29. The Morgan fingerprint density at radius 3 is 2.77 bits per heavy atom. The van der Waals surface area contributed by atoms with E-state index in [4.69, 9.17) is 4.74 Å². The second kappa shape index (κ2) is 8.79. The fraction of sp³-hybridized carbons (Fsp3) is 0.471. The summed E-state index contributed by atoms with van der Waals surface area (Å²) in [7, 11) is 0. The van der Waals surface area contributed by atoms with Crippen LogP contribution in [0.15, 0.2) is 35.5 Å². The van der Waals surface area contributed by atoms with Crippen molar-refractivity contribution in [3.63, 3.8) is 0 Å². The molecule has 1 aliphatic rings. The first kappa shape index (κ1) is 18.4. The van der Waals surface area contributed by atoms with Crippen molar-refractivity contribution in [3.05, 3.63) is 35.9 Å². The first-order valence-electron chi connectivity index (χ1n) is 8.55. The van der Waals surface area contributed by atoms with E-state index in [1.54, 1.807) is 11.6 Å². The van der Waals surface area contributed by atoms with Crippen molar-refractivity contribution < 1.29 is 14.3 Å². The Hall–Kier alpha value is -2.42. The zero-order valence-corrected chi connectivity index (χ0v) is 15.4. The van der Waals surface area contributed by atoms with Crippen molar-refractivity contribution in [1.82, 2.24) is 25.1 Å². The van der Waals surface area contributed by atoms with E-state index in [0.717, 1.165) is 18.4 Å². The largest absolute Gasteiger partial charge is 0.465 e. The molecule has 138 valence electrons. The molecule has 0 bridgehead atoms. The molecule has 1 saturated carbocycles. The number of hydrogen-bond acceptors (Lipinski definition) is 7. The third-order valence-corrected chi connectivity index (χ3v) is 4.79. The van der Waals surface area contributed by atoms with Crippen LogP contribution < -0.4 is 0 Å². The Kier molecular flexibility index (Phi) is 6.21. The first-order valence-corrected chi connectivity index (χ1v) is 9.54. The highest BCUT2D eigenvalue weighted by Crippen LogP contribution is 2.36. The van der Waals surface area contributed by atoms with Gasteiger partial charge in [-0.1, -0.05) is 42.1 Å². The van der Waals surface area contributed by atoms with Crippen molar-refractivity contribution in [2.24, 2.45) is 0 Å². The summed E-state index contributed by atoms with van der Waals surface area (Å²) in [4.78, 5) is 26.1. The average Bonchev–Trinajstić information content (AvgIpc) is 3.38. The Labute approximate surface area is 155 Å². The van der Waals surface area contributed by atoms with Crippen LogP contribution in [0.1, 0.15) is 31.4 Å². The number of ether oxygens (including phenoxy) is 1. The summed E-state index contributed by atoms with van der Waals surface area (Å²) in [5, 5.41) is 12.3. The maximum atomic E-state index is 12.7. The molecule has 1 fully saturated rings. The number of amides is 1. The van der Waals surface area contributed by atoms with Crippen molar-refractivity contribution in [3.8, 4) is 0 Å². The fourth-order valence-electron chi connectivity index (χ4n) is 2.44. The molecule has 2 aromatic rings. The monoisotopic (exact) mass is 375 g/mol. The number of thioether (sulfide) groups is 1. The van der Waals surface area contributed by atoms with Crippen molar-refractivity contribution in [2.45, 2.75) is 37.5 Å². The highest BCUT2D eigenvalue weighted by molar-refractivity contribution is 7.99. The van der Waals surface area contributed by atoms with E-state index in [2.05, 4.69) is 15.5 Å². The number of tetrazole rings is 1. The molecule has 0 unspecified atom stereocenters. The average molecular weight is 375 g/mol. The molecule has 1 aromatic carbocycles. The van der Waals surface area contributed by atoms with Gasteiger partial charge in [0, 0.05) is 6.54 Å². The summed E-state index contributed by atoms with van der Waals surface area (Å²) >= 11 is 1.29. The minimum Gasteiger partial charge on any atom is -0.465 e. The van der Waals surface area contributed by atoms with Gasteiger partial charge in [-0.15, -0.1) is 5.10 Å². The van der Waals surface area contributed by atoms with Gasteiger partial charge in [-0.25, -0.2) is 4.68 Å². The molecule has 0 aliphatic heterocycles. The van der Waals surface area contributed by atoms with Crippen LogP contribution in [0.4, 0.5) is 0 Å². The Morgan fingerprint density at radius 1 is 1.31 bits per heavy atom. The van der Waals surface area contributed by atoms with Crippen LogP contribution in [-0.4, -0.2) is 55.9 Å². The molecule has 1 amide bonds. The van der Waals surface area contributed by atoms with Gasteiger partial charge in [0.2, 0.25) is 11.1 Å². The lowest BCUT2D eigenvalue weighted by Crippen LogP contribution is -2.37. The van der Waals surface area contributed by atoms with Crippen LogP contribution in [0, 0.1) is 0 Å². The maximum Gasteiger partial charge on any atom is 0.325 e.